The number of amides is 1. The fraction of sp³-hybridized carbons (Fsp3) is 0.182. The van der Waals surface area contributed by atoms with Gasteiger partial charge in [-0.05, 0) is 28.3 Å². The van der Waals surface area contributed by atoms with Gasteiger partial charge < -0.3 is 15.2 Å². The molecule has 0 fully saturated rings. The summed E-state index contributed by atoms with van der Waals surface area (Å²) in [4.78, 5) is 24.3. The Hall–Kier alpha value is -2.83. The Morgan fingerprint density at radius 2 is 1.72 bits per heavy atom. The average molecular weight is 428 g/mol. The Labute approximate surface area is 176 Å². The van der Waals surface area contributed by atoms with Crippen molar-refractivity contribution >= 4 is 35.0 Å². The molecule has 2 N–H and O–H groups in total. The van der Waals surface area contributed by atoms with Crippen molar-refractivity contribution in [2.24, 2.45) is 0 Å². The second-order valence-corrected chi connectivity index (χ2v) is 8.17. The maximum atomic E-state index is 12.4. The highest BCUT2D eigenvalue weighted by atomic mass is 35.5. The van der Waals surface area contributed by atoms with Crippen molar-refractivity contribution in [3.63, 3.8) is 0 Å². The summed E-state index contributed by atoms with van der Waals surface area (Å²) in [6, 6.07) is 17.1. The van der Waals surface area contributed by atoms with E-state index in [-0.39, 0.29) is 18.9 Å². The summed E-state index contributed by atoms with van der Waals surface area (Å²) < 4.78 is 5.51. The van der Waals surface area contributed by atoms with E-state index >= 15 is 0 Å². The second kappa shape index (κ2) is 8.27. The first kappa shape index (κ1) is 19.5. The van der Waals surface area contributed by atoms with E-state index in [1.165, 1.54) is 11.3 Å². The number of aliphatic carboxylic acids is 1. The number of carbonyl (C=O) groups is 2. The van der Waals surface area contributed by atoms with Gasteiger partial charge in [0.2, 0.25) is 0 Å². The van der Waals surface area contributed by atoms with Gasteiger partial charge >= 0.3 is 12.1 Å². The largest absolute Gasteiger partial charge is 0.481 e. The van der Waals surface area contributed by atoms with E-state index in [2.05, 4.69) is 17.4 Å². The van der Waals surface area contributed by atoms with E-state index in [4.69, 9.17) is 21.4 Å². The van der Waals surface area contributed by atoms with Crippen LogP contribution in [0.2, 0.25) is 5.02 Å². The second-order valence-electron chi connectivity index (χ2n) is 6.79. The van der Waals surface area contributed by atoms with Crippen LogP contribution in [0.25, 0.3) is 11.1 Å². The first-order chi connectivity index (χ1) is 14.0. The molecule has 1 amide bonds. The number of alkyl carbamates (subject to hydrolysis) is 1. The fourth-order valence-electron chi connectivity index (χ4n) is 3.69. The zero-order chi connectivity index (χ0) is 20.4. The normalized spacial score (nSPS) is 13.4. The molecule has 0 spiro atoms. The topological polar surface area (TPSA) is 75.6 Å². The first-order valence-electron chi connectivity index (χ1n) is 9.10. The third-order valence-corrected chi connectivity index (χ3v) is 6.34. The van der Waals surface area contributed by atoms with Crippen LogP contribution in [0.4, 0.5) is 4.79 Å². The third kappa shape index (κ3) is 4.13. The van der Waals surface area contributed by atoms with Crippen molar-refractivity contribution in [3.05, 3.63) is 81.0 Å². The molecule has 1 aliphatic carbocycles. The highest BCUT2D eigenvalue weighted by molar-refractivity contribution is 7.10. The lowest BCUT2D eigenvalue weighted by atomic mass is 9.98. The third-order valence-electron chi connectivity index (χ3n) is 4.95. The molecule has 7 heteroatoms. The zero-order valence-corrected chi connectivity index (χ0v) is 16.9. The average Bonchev–Trinajstić information content (AvgIpc) is 3.27. The zero-order valence-electron chi connectivity index (χ0n) is 15.3. The predicted molar refractivity (Wildman–Crippen MR) is 113 cm³/mol. The van der Waals surface area contributed by atoms with Crippen LogP contribution >= 0.6 is 22.9 Å². The Kier molecular flexibility index (Phi) is 5.56. The molecule has 2 aromatic carbocycles. The van der Waals surface area contributed by atoms with Crippen LogP contribution in [0.3, 0.4) is 0 Å². The van der Waals surface area contributed by atoms with Gasteiger partial charge in [0.15, 0.2) is 0 Å². The number of hydrogen-bond donors (Lipinski definition) is 2. The van der Waals surface area contributed by atoms with Gasteiger partial charge in [0, 0.05) is 16.2 Å². The minimum absolute atomic E-state index is 0.0535. The summed E-state index contributed by atoms with van der Waals surface area (Å²) in [5.74, 6) is -1.07. The number of nitrogens with one attached hydrogen (secondary N) is 1. The summed E-state index contributed by atoms with van der Waals surface area (Å²) in [7, 11) is 0. The molecule has 0 radical (unpaired) electrons. The van der Waals surface area contributed by atoms with Crippen molar-refractivity contribution in [2.75, 3.05) is 6.61 Å². The molecule has 148 valence electrons. The molecule has 29 heavy (non-hydrogen) atoms. The molecule has 1 atom stereocenters. The van der Waals surface area contributed by atoms with E-state index in [0.29, 0.717) is 9.90 Å². The SMILES string of the molecule is O=C(O)CC(NC(=O)OCC1c2ccccc2-c2ccccc21)c1cc(Cl)cs1. The van der Waals surface area contributed by atoms with Gasteiger partial charge in [-0.15, -0.1) is 11.3 Å². The van der Waals surface area contributed by atoms with Gasteiger partial charge in [0.25, 0.3) is 0 Å². The van der Waals surface area contributed by atoms with Crippen molar-refractivity contribution in [3.8, 4) is 11.1 Å². The highest BCUT2D eigenvalue weighted by Crippen LogP contribution is 2.44. The molecule has 0 bridgehead atoms. The van der Waals surface area contributed by atoms with E-state index < -0.39 is 18.1 Å². The van der Waals surface area contributed by atoms with Crippen LogP contribution in [0.1, 0.15) is 34.4 Å². The maximum absolute atomic E-state index is 12.4. The minimum atomic E-state index is -1.02. The van der Waals surface area contributed by atoms with Gasteiger partial charge in [-0.2, -0.15) is 0 Å². The van der Waals surface area contributed by atoms with E-state index in [9.17, 15) is 9.59 Å². The fourth-order valence-corrected chi connectivity index (χ4v) is 4.82. The van der Waals surface area contributed by atoms with Crippen LogP contribution in [-0.4, -0.2) is 23.8 Å². The summed E-state index contributed by atoms with van der Waals surface area (Å²) in [5, 5.41) is 14.0. The van der Waals surface area contributed by atoms with Crippen LogP contribution < -0.4 is 5.32 Å². The van der Waals surface area contributed by atoms with Crippen LogP contribution in [-0.2, 0) is 9.53 Å². The quantitative estimate of drug-likeness (QED) is 0.548. The van der Waals surface area contributed by atoms with Crippen molar-refractivity contribution in [2.45, 2.75) is 18.4 Å². The number of fused-ring (bicyclic) bond motifs is 3. The minimum Gasteiger partial charge on any atom is -0.481 e. The van der Waals surface area contributed by atoms with Gasteiger partial charge in [-0.3, -0.25) is 4.79 Å². The number of carboxylic acid groups (broad SMARTS) is 1. The smallest absolute Gasteiger partial charge is 0.407 e. The van der Waals surface area contributed by atoms with Crippen molar-refractivity contribution < 1.29 is 19.4 Å². The van der Waals surface area contributed by atoms with Crippen LogP contribution in [0.5, 0.6) is 0 Å². The lowest BCUT2D eigenvalue weighted by molar-refractivity contribution is -0.137. The van der Waals surface area contributed by atoms with Crippen LogP contribution in [0.15, 0.2) is 60.0 Å². The van der Waals surface area contributed by atoms with Crippen molar-refractivity contribution in [1.82, 2.24) is 5.32 Å². The standard InChI is InChI=1S/C22H18ClNO4S/c23-13-9-20(29-12-13)19(10-21(25)26)24-22(27)28-11-18-16-7-3-1-5-14(16)15-6-2-4-8-17(15)18/h1-9,12,18-19H,10-11H2,(H,24,27)(H,25,26). The molecule has 4 rings (SSSR count). The Morgan fingerprint density at radius 1 is 1.10 bits per heavy atom. The summed E-state index contributed by atoms with van der Waals surface area (Å²) in [6.45, 7) is 0.171. The molecule has 1 unspecified atom stereocenters. The number of hydrogen-bond acceptors (Lipinski definition) is 4. The van der Waals surface area contributed by atoms with E-state index in [1.807, 2.05) is 36.4 Å². The van der Waals surface area contributed by atoms with Gasteiger partial charge in [-0.1, -0.05) is 60.1 Å². The summed E-state index contributed by atoms with van der Waals surface area (Å²) >= 11 is 7.24. The molecular formula is C22H18ClNO4S. The number of rotatable bonds is 6. The maximum Gasteiger partial charge on any atom is 0.407 e. The van der Waals surface area contributed by atoms with Gasteiger partial charge in [0.05, 0.1) is 17.5 Å². The lowest BCUT2D eigenvalue weighted by Gasteiger charge is -2.18. The molecule has 1 aromatic heterocycles. The number of ether oxygens (including phenoxy) is 1. The Bertz CT molecular complexity index is 1020. The Morgan fingerprint density at radius 3 is 2.28 bits per heavy atom. The highest BCUT2D eigenvalue weighted by Gasteiger charge is 2.29. The number of thiophene rings is 1. The lowest BCUT2D eigenvalue weighted by Crippen LogP contribution is -2.31. The molecule has 0 saturated heterocycles. The number of benzene rings is 2. The summed E-state index contributed by atoms with van der Waals surface area (Å²) in [6.07, 6.45) is -0.899. The molecule has 1 aliphatic rings. The van der Waals surface area contributed by atoms with Gasteiger partial charge in [-0.25, -0.2) is 4.79 Å². The number of halogens is 1. The molecule has 0 saturated carbocycles. The monoisotopic (exact) mass is 427 g/mol. The molecule has 0 aliphatic heterocycles. The van der Waals surface area contributed by atoms with Crippen LogP contribution in [0, 0.1) is 0 Å². The van der Waals surface area contributed by atoms with E-state index in [0.717, 1.165) is 22.3 Å². The molecular weight excluding hydrogens is 410 g/mol. The van der Waals surface area contributed by atoms with Crippen molar-refractivity contribution in [1.29, 1.82) is 0 Å². The van der Waals surface area contributed by atoms with Gasteiger partial charge in [0.1, 0.15) is 6.61 Å². The Balaban J connectivity index is 1.47. The molecule has 5 nitrogen and oxygen atoms in total. The van der Waals surface area contributed by atoms with E-state index in [1.54, 1.807) is 11.4 Å². The number of carbonyl (C=O) groups excluding carboxylic acids is 1. The molecule has 1 heterocycles. The number of carboxylic acids is 1. The summed E-state index contributed by atoms with van der Waals surface area (Å²) in [5.41, 5.74) is 4.53. The molecule has 3 aromatic rings. The first-order valence-corrected chi connectivity index (χ1v) is 10.4. The predicted octanol–water partition coefficient (Wildman–Crippen LogP) is 5.46.